The van der Waals surface area contributed by atoms with Gasteiger partial charge >= 0.3 is 5.97 Å². The van der Waals surface area contributed by atoms with E-state index in [-0.39, 0.29) is 18.1 Å². The van der Waals surface area contributed by atoms with Crippen molar-refractivity contribution in [1.82, 2.24) is 0 Å². The van der Waals surface area contributed by atoms with Gasteiger partial charge in [-0.3, -0.25) is 4.79 Å². The van der Waals surface area contributed by atoms with Crippen LogP contribution in [0.5, 0.6) is 0 Å². The standard InChI is InChI=1S/C24H31FO4Si/c1-18(26)28-22-24(5,25)16-19(29-22)17-27-30(23(2,3)4,20-12-8-6-9-13-20)21-14-10-7-11-15-21/h6-15,19,22H,16-17H2,1-5H3. The summed E-state index contributed by atoms with van der Waals surface area (Å²) in [6.45, 7) is 9.46. The monoisotopic (exact) mass is 430 g/mol. The second-order valence-electron chi connectivity index (χ2n) is 9.16. The molecule has 1 saturated heterocycles. The lowest BCUT2D eigenvalue weighted by atomic mass is 10.0. The molecule has 2 aromatic rings. The number of carbonyl (C=O) groups is 1. The van der Waals surface area contributed by atoms with E-state index in [2.05, 4.69) is 45.0 Å². The highest BCUT2D eigenvalue weighted by Gasteiger charge is 2.53. The van der Waals surface area contributed by atoms with Crippen LogP contribution in [0, 0.1) is 0 Å². The molecule has 0 aromatic heterocycles. The lowest BCUT2D eigenvalue weighted by Crippen LogP contribution is -2.67. The van der Waals surface area contributed by atoms with Gasteiger partial charge in [-0.25, -0.2) is 4.39 Å². The molecule has 1 aliphatic rings. The fourth-order valence-corrected chi connectivity index (χ4v) is 8.88. The van der Waals surface area contributed by atoms with Gasteiger partial charge in [-0.2, -0.15) is 0 Å². The quantitative estimate of drug-likeness (QED) is 0.514. The number of carbonyl (C=O) groups excluding carboxylic acids is 1. The van der Waals surface area contributed by atoms with Gasteiger partial charge in [0.25, 0.3) is 8.32 Å². The number of esters is 1. The summed E-state index contributed by atoms with van der Waals surface area (Å²) in [5, 5.41) is 2.13. The first-order chi connectivity index (χ1) is 14.1. The molecule has 1 heterocycles. The van der Waals surface area contributed by atoms with E-state index in [1.807, 2.05) is 36.4 Å². The van der Waals surface area contributed by atoms with Crippen LogP contribution in [0.15, 0.2) is 60.7 Å². The summed E-state index contributed by atoms with van der Waals surface area (Å²) in [7, 11) is -2.73. The summed E-state index contributed by atoms with van der Waals surface area (Å²) in [6, 6.07) is 20.5. The van der Waals surface area contributed by atoms with Crippen molar-refractivity contribution >= 4 is 24.7 Å². The Balaban J connectivity index is 1.94. The molecule has 4 nitrogen and oxygen atoms in total. The summed E-state index contributed by atoms with van der Waals surface area (Å²) in [4.78, 5) is 11.3. The molecular formula is C24H31FO4Si. The zero-order valence-electron chi connectivity index (χ0n) is 18.4. The molecule has 0 saturated carbocycles. The highest BCUT2D eigenvalue weighted by molar-refractivity contribution is 6.99. The van der Waals surface area contributed by atoms with Crippen LogP contribution in [0.3, 0.4) is 0 Å². The molecule has 1 fully saturated rings. The van der Waals surface area contributed by atoms with Crippen LogP contribution in [0.25, 0.3) is 0 Å². The maximum atomic E-state index is 14.9. The third-order valence-corrected chi connectivity index (χ3v) is 10.6. The molecule has 0 spiro atoms. The first-order valence-corrected chi connectivity index (χ1v) is 12.2. The molecule has 2 aromatic carbocycles. The molecule has 0 N–H and O–H groups in total. The molecule has 3 atom stereocenters. The van der Waals surface area contributed by atoms with Crippen molar-refractivity contribution in [3.8, 4) is 0 Å². The molecule has 3 unspecified atom stereocenters. The van der Waals surface area contributed by atoms with Gasteiger partial charge in [0.05, 0.1) is 12.7 Å². The SMILES string of the molecule is CC(=O)OC1OC(CO[Si](c2ccccc2)(c2ccccc2)C(C)(C)C)CC1(C)F. The zero-order chi connectivity index (χ0) is 22.0. The zero-order valence-corrected chi connectivity index (χ0v) is 19.4. The second-order valence-corrected chi connectivity index (χ2v) is 13.5. The molecule has 162 valence electrons. The van der Waals surface area contributed by atoms with E-state index in [1.165, 1.54) is 13.8 Å². The topological polar surface area (TPSA) is 44.8 Å². The number of hydrogen-bond acceptors (Lipinski definition) is 4. The molecule has 0 aliphatic carbocycles. The molecule has 30 heavy (non-hydrogen) atoms. The van der Waals surface area contributed by atoms with E-state index in [4.69, 9.17) is 13.9 Å². The maximum Gasteiger partial charge on any atom is 0.305 e. The van der Waals surface area contributed by atoms with Crippen LogP contribution in [0.4, 0.5) is 4.39 Å². The van der Waals surface area contributed by atoms with E-state index in [9.17, 15) is 9.18 Å². The van der Waals surface area contributed by atoms with Crippen molar-refractivity contribution < 1.29 is 23.1 Å². The van der Waals surface area contributed by atoms with Crippen LogP contribution in [-0.2, 0) is 18.7 Å². The Kier molecular flexibility index (Phi) is 6.50. The van der Waals surface area contributed by atoms with Crippen LogP contribution >= 0.6 is 0 Å². The van der Waals surface area contributed by atoms with Crippen molar-refractivity contribution in [2.45, 2.75) is 64.1 Å². The third kappa shape index (κ3) is 4.51. The minimum atomic E-state index is -2.73. The van der Waals surface area contributed by atoms with Gasteiger partial charge in [0, 0.05) is 13.3 Å². The van der Waals surface area contributed by atoms with E-state index < -0.39 is 32.3 Å². The van der Waals surface area contributed by atoms with Crippen molar-refractivity contribution in [2.75, 3.05) is 6.61 Å². The Bertz CT molecular complexity index is 809. The fraction of sp³-hybridized carbons (Fsp3) is 0.458. The van der Waals surface area contributed by atoms with Gasteiger partial charge in [-0.05, 0) is 22.3 Å². The number of rotatable bonds is 6. The lowest BCUT2D eigenvalue weighted by molar-refractivity contribution is -0.192. The van der Waals surface area contributed by atoms with E-state index in [0.29, 0.717) is 0 Å². The Hall–Kier alpha value is -2.02. The number of ether oxygens (including phenoxy) is 2. The van der Waals surface area contributed by atoms with Gasteiger partial charge in [0.2, 0.25) is 6.29 Å². The highest BCUT2D eigenvalue weighted by atomic mass is 28.4. The summed E-state index contributed by atoms with van der Waals surface area (Å²) >= 11 is 0. The van der Waals surface area contributed by atoms with Crippen molar-refractivity contribution in [3.05, 3.63) is 60.7 Å². The van der Waals surface area contributed by atoms with Gasteiger partial charge in [0.15, 0.2) is 5.67 Å². The van der Waals surface area contributed by atoms with Crippen molar-refractivity contribution in [1.29, 1.82) is 0 Å². The van der Waals surface area contributed by atoms with E-state index >= 15 is 0 Å². The number of alkyl halides is 1. The Morgan fingerprint density at radius 2 is 1.60 bits per heavy atom. The Morgan fingerprint density at radius 1 is 1.10 bits per heavy atom. The van der Waals surface area contributed by atoms with E-state index in [1.54, 1.807) is 0 Å². The van der Waals surface area contributed by atoms with Gasteiger partial charge in [-0.1, -0.05) is 81.4 Å². The predicted molar refractivity (Wildman–Crippen MR) is 118 cm³/mol. The largest absolute Gasteiger partial charge is 0.432 e. The lowest BCUT2D eigenvalue weighted by Gasteiger charge is -2.43. The summed E-state index contributed by atoms with van der Waals surface area (Å²) in [5.74, 6) is -0.558. The molecule has 0 radical (unpaired) electrons. The molecule has 3 rings (SSSR count). The summed E-state index contributed by atoms with van der Waals surface area (Å²) in [6.07, 6.45) is -1.59. The number of benzene rings is 2. The van der Waals surface area contributed by atoms with Gasteiger partial charge in [0.1, 0.15) is 0 Å². The molecule has 6 heteroatoms. The fourth-order valence-electron chi connectivity index (χ4n) is 4.29. The average Bonchev–Trinajstić information content (AvgIpc) is 2.95. The predicted octanol–water partition coefficient (Wildman–Crippen LogP) is 3.97. The second kappa shape index (κ2) is 8.61. The highest BCUT2D eigenvalue weighted by Crippen LogP contribution is 2.39. The van der Waals surface area contributed by atoms with Crippen LogP contribution < -0.4 is 10.4 Å². The minimum Gasteiger partial charge on any atom is -0.432 e. The molecule has 1 aliphatic heterocycles. The van der Waals surface area contributed by atoms with Gasteiger partial charge < -0.3 is 13.9 Å². The number of halogens is 1. The minimum absolute atomic E-state index is 0.114. The molecular weight excluding hydrogens is 399 g/mol. The van der Waals surface area contributed by atoms with Crippen molar-refractivity contribution in [3.63, 3.8) is 0 Å². The maximum absolute atomic E-state index is 14.9. The summed E-state index contributed by atoms with van der Waals surface area (Å²) in [5.41, 5.74) is -1.74. The molecule has 0 bridgehead atoms. The third-order valence-electron chi connectivity index (χ3n) is 5.61. The Morgan fingerprint density at radius 3 is 2.03 bits per heavy atom. The normalized spacial score (nSPS) is 24.6. The summed E-state index contributed by atoms with van der Waals surface area (Å²) < 4.78 is 32.5. The van der Waals surface area contributed by atoms with Crippen molar-refractivity contribution in [2.24, 2.45) is 0 Å². The van der Waals surface area contributed by atoms with E-state index in [0.717, 1.165) is 10.4 Å². The van der Waals surface area contributed by atoms with Gasteiger partial charge in [-0.15, -0.1) is 0 Å². The van der Waals surface area contributed by atoms with Crippen LogP contribution in [0.2, 0.25) is 5.04 Å². The number of hydrogen-bond donors (Lipinski definition) is 0. The first-order valence-electron chi connectivity index (χ1n) is 10.3. The first kappa shape index (κ1) is 22.7. The Labute approximate surface area is 179 Å². The average molecular weight is 431 g/mol. The smallest absolute Gasteiger partial charge is 0.305 e. The van der Waals surface area contributed by atoms with Crippen LogP contribution in [0.1, 0.15) is 41.0 Å². The van der Waals surface area contributed by atoms with Crippen LogP contribution in [-0.4, -0.2) is 39.0 Å². The molecule has 0 amide bonds.